The molecule has 0 spiro atoms. The van der Waals surface area contributed by atoms with Gasteiger partial charge < -0.3 is 5.11 Å². The maximum atomic E-state index is 10.6. The van der Waals surface area contributed by atoms with Crippen LogP contribution in [0, 0.1) is 5.92 Å². The van der Waals surface area contributed by atoms with Gasteiger partial charge in [0.1, 0.15) is 5.60 Å². The minimum absolute atomic E-state index is 0.337. The Kier molecular flexibility index (Phi) is 2.26. The van der Waals surface area contributed by atoms with E-state index in [1.54, 1.807) is 10.9 Å². The Morgan fingerprint density at radius 1 is 1.29 bits per heavy atom. The third kappa shape index (κ3) is 1.74. The Morgan fingerprint density at radius 2 is 2.00 bits per heavy atom. The summed E-state index contributed by atoms with van der Waals surface area (Å²) >= 11 is 0. The summed E-state index contributed by atoms with van der Waals surface area (Å²) in [6.07, 6.45) is 3.81. The van der Waals surface area contributed by atoms with Gasteiger partial charge in [-0.15, -0.1) is 5.10 Å². The molecule has 1 fully saturated rings. The van der Waals surface area contributed by atoms with Crippen molar-refractivity contribution in [1.82, 2.24) is 15.0 Å². The van der Waals surface area contributed by atoms with Gasteiger partial charge in [-0.25, -0.2) is 4.68 Å². The number of rotatable bonds is 3. The zero-order chi connectivity index (χ0) is 11.9. The molecule has 3 rings (SSSR count). The minimum atomic E-state index is -0.834. The standard InChI is InChI=1S/C13H15N3O/c1-13(17,10-7-8-10)12-9-14-15-16(12)11-5-3-2-4-6-11/h2-6,9-10,17H,7-8H2,1H3. The minimum Gasteiger partial charge on any atom is -0.383 e. The van der Waals surface area contributed by atoms with Crippen molar-refractivity contribution in [3.05, 3.63) is 42.2 Å². The molecule has 1 aromatic heterocycles. The molecule has 0 amide bonds. The van der Waals surface area contributed by atoms with Crippen LogP contribution in [0.4, 0.5) is 0 Å². The number of benzene rings is 1. The van der Waals surface area contributed by atoms with Crippen LogP contribution in [0.1, 0.15) is 25.5 Å². The van der Waals surface area contributed by atoms with E-state index in [0.717, 1.165) is 24.2 Å². The summed E-state index contributed by atoms with van der Waals surface area (Å²) in [5.41, 5.74) is 0.867. The van der Waals surface area contributed by atoms with Crippen LogP contribution in [-0.2, 0) is 5.60 Å². The lowest BCUT2D eigenvalue weighted by Gasteiger charge is -2.23. The van der Waals surface area contributed by atoms with Crippen LogP contribution in [0.3, 0.4) is 0 Å². The quantitative estimate of drug-likeness (QED) is 0.874. The van der Waals surface area contributed by atoms with Crippen molar-refractivity contribution in [3.63, 3.8) is 0 Å². The number of hydrogen-bond acceptors (Lipinski definition) is 3. The van der Waals surface area contributed by atoms with E-state index >= 15 is 0 Å². The maximum absolute atomic E-state index is 10.6. The fourth-order valence-corrected chi connectivity index (χ4v) is 2.19. The van der Waals surface area contributed by atoms with E-state index in [9.17, 15) is 5.11 Å². The number of hydrogen-bond donors (Lipinski definition) is 1. The molecule has 1 heterocycles. The topological polar surface area (TPSA) is 50.9 Å². The Balaban J connectivity index is 2.05. The fraction of sp³-hybridized carbons (Fsp3) is 0.385. The first kappa shape index (κ1) is 10.5. The summed E-state index contributed by atoms with van der Waals surface area (Å²) in [5.74, 6) is 0.337. The molecular weight excluding hydrogens is 214 g/mol. The van der Waals surface area contributed by atoms with Crippen molar-refractivity contribution in [1.29, 1.82) is 0 Å². The van der Waals surface area contributed by atoms with Crippen molar-refractivity contribution in [2.45, 2.75) is 25.4 Å². The van der Waals surface area contributed by atoms with Crippen molar-refractivity contribution in [2.24, 2.45) is 5.92 Å². The van der Waals surface area contributed by atoms with E-state index in [-0.39, 0.29) is 0 Å². The fourth-order valence-electron chi connectivity index (χ4n) is 2.19. The van der Waals surface area contributed by atoms with Gasteiger partial charge in [-0.2, -0.15) is 0 Å². The molecule has 0 aliphatic heterocycles. The highest BCUT2D eigenvalue weighted by Crippen LogP contribution is 2.45. The van der Waals surface area contributed by atoms with E-state index in [4.69, 9.17) is 0 Å². The number of para-hydroxylation sites is 1. The zero-order valence-corrected chi connectivity index (χ0v) is 9.74. The molecule has 1 aliphatic rings. The third-order valence-electron chi connectivity index (χ3n) is 3.44. The molecule has 1 N–H and O–H groups in total. The van der Waals surface area contributed by atoms with E-state index in [1.165, 1.54) is 0 Å². The predicted molar refractivity (Wildman–Crippen MR) is 63.7 cm³/mol. The normalized spacial score (nSPS) is 18.9. The molecule has 1 atom stereocenters. The van der Waals surface area contributed by atoms with Crippen LogP contribution in [0.5, 0.6) is 0 Å². The lowest BCUT2D eigenvalue weighted by Crippen LogP contribution is -2.27. The molecule has 1 saturated carbocycles. The summed E-state index contributed by atoms with van der Waals surface area (Å²) in [6.45, 7) is 1.85. The van der Waals surface area contributed by atoms with Crippen LogP contribution in [-0.4, -0.2) is 20.1 Å². The van der Waals surface area contributed by atoms with Gasteiger partial charge in [0, 0.05) is 0 Å². The van der Waals surface area contributed by atoms with Gasteiger partial charge in [0.25, 0.3) is 0 Å². The van der Waals surface area contributed by atoms with Gasteiger partial charge in [-0.05, 0) is 37.8 Å². The van der Waals surface area contributed by atoms with Crippen molar-refractivity contribution in [3.8, 4) is 5.69 Å². The Hall–Kier alpha value is -1.68. The van der Waals surface area contributed by atoms with Crippen LogP contribution < -0.4 is 0 Å². The lowest BCUT2D eigenvalue weighted by atomic mass is 9.96. The smallest absolute Gasteiger partial charge is 0.108 e. The molecule has 1 aliphatic carbocycles. The zero-order valence-electron chi connectivity index (χ0n) is 9.74. The number of nitrogens with zero attached hydrogens (tertiary/aromatic N) is 3. The average Bonchev–Trinajstić information content (AvgIpc) is 3.08. The predicted octanol–water partition coefficient (Wildman–Crippen LogP) is 1.88. The average molecular weight is 229 g/mol. The number of aliphatic hydroxyl groups is 1. The van der Waals surface area contributed by atoms with Crippen molar-refractivity contribution < 1.29 is 5.11 Å². The van der Waals surface area contributed by atoms with Crippen molar-refractivity contribution in [2.75, 3.05) is 0 Å². The van der Waals surface area contributed by atoms with Crippen LogP contribution in [0.25, 0.3) is 5.69 Å². The molecule has 0 saturated heterocycles. The monoisotopic (exact) mass is 229 g/mol. The summed E-state index contributed by atoms with van der Waals surface area (Å²) in [7, 11) is 0. The molecule has 1 aromatic carbocycles. The summed E-state index contributed by atoms with van der Waals surface area (Å²) in [4.78, 5) is 0. The molecule has 0 bridgehead atoms. The Morgan fingerprint density at radius 3 is 2.65 bits per heavy atom. The molecule has 0 radical (unpaired) electrons. The van der Waals surface area contributed by atoms with Crippen LogP contribution in [0.2, 0.25) is 0 Å². The second-order valence-corrected chi connectivity index (χ2v) is 4.79. The highest BCUT2D eigenvalue weighted by molar-refractivity contribution is 5.33. The first-order valence-electron chi connectivity index (χ1n) is 5.88. The van der Waals surface area contributed by atoms with Crippen molar-refractivity contribution >= 4 is 0 Å². The van der Waals surface area contributed by atoms with Gasteiger partial charge in [-0.3, -0.25) is 0 Å². The second kappa shape index (κ2) is 3.67. The molecular formula is C13H15N3O. The van der Waals surface area contributed by atoms with Crippen LogP contribution >= 0.6 is 0 Å². The van der Waals surface area contributed by atoms with Gasteiger partial charge in [-0.1, -0.05) is 23.4 Å². The molecule has 4 nitrogen and oxygen atoms in total. The second-order valence-electron chi connectivity index (χ2n) is 4.79. The Labute approximate surface area is 99.9 Å². The summed E-state index contributed by atoms with van der Waals surface area (Å²) in [6, 6.07) is 9.78. The molecule has 88 valence electrons. The largest absolute Gasteiger partial charge is 0.383 e. The van der Waals surface area contributed by atoms with E-state index in [2.05, 4.69) is 10.3 Å². The lowest BCUT2D eigenvalue weighted by molar-refractivity contribution is 0.0262. The highest BCUT2D eigenvalue weighted by atomic mass is 16.3. The maximum Gasteiger partial charge on any atom is 0.108 e. The summed E-state index contributed by atoms with van der Waals surface area (Å²) in [5, 5.41) is 18.6. The third-order valence-corrected chi connectivity index (χ3v) is 3.44. The first-order chi connectivity index (χ1) is 8.19. The van der Waals surface area contributed by atoms with E-state index in [0.29, 0.717) is 5.92 Å². The van der Waals surface area contributed by atoms with Gasteiger partial charge in [0.2, 0.25) is 0 Å². The van der Waals surface area contributed by atoms with Gasteiger partial charge in [0.05, 0.1) is 17.6 Å². The first-order valence-corrected chi connectivity index (χ1v) is 5.88. The number of aromatic nitrogens is 3. The highest BCUT2D eigenvalue weighted by Gasteiger charge is 2.43. The SMILES string of the molecule is CC(O)(c1cnnn1-c1ccccc1)C1CC1. The molecule has 1 unspecified atom stereocenters. The Bertz CT molecular complexity index is 514. The van der Waals surface area contributed by atoms with E-state index in [1.807, 2.05) is 37.3 Å². The van der Waals surface area contributed by atoms with Crippen LogP contribution in [0.15, 0.2) is 36.5 Å². The van der Waals surface area contributed by atoms with Gasteiger partial charge in [0.15, 0.2) is 0 Å². The molecule has 2 aromatic rings. The molecule has 4 heteroatoms. The summed E-state index contributed by atoms with van der Waals surface area (Å²) < 4.78 is 1.72. The molecule has 17 heavy (non-hydrogen) atoms. The van der Waals surface area contributed by atoms with Gasteiger partial charge >= 0.3 is 0 Å². The van der Waals surface area contributed by atoms with E-state index < -0.39 is 5.60 Å².